The van der Waals surface area contributed by atoms with Crippen molar-refractivity contribution in [2.75, 3.05) is 6.54 Å². The van der Waals surface area contributed by atoms with Gasteiger partial charge in [0.05, 0.1) is 6.10 Å². The van der Waals surface area contributed by atoms with E-state index in [-0.39, 0.29) is 36.5 Å². The third kappa shape index (κ3) is 4.93. The number of carbonyl (C=O) groups excluding carboxylic acids is 1. The second-order valence-electron chi connectivity index (χ2n) is 5.38. The molecule has 1 aromatic carbocycles. The van der Waals surface area contributed by atoms with Gasteiger partial charge in [-0.3, -0.25) is 4.79 Å². The summed E-state index contributed by atoms with van der Waals surface area (Å²) in [6.07, 6.45) is 0.546. The molecule has 0 aromatic heterocycles. The van der Waals surface area contributed by atoms with Crippen LogP contribution in [0.25, 0.3) is 0 Å². The van der Waals surface area contributed by atoms with Crippen LogP contribution in [0.3, 0.4) is 0 Å². The van der Waals surface area contributed by atoms with Gasteiger partial charge in [-0.05, 0) is 23.5 Å². The van der Waals surface area contributed by atoms with Gasteiger partial charge in [-0.2, -0.15) is 0 Å². The summed E-state index contributed by atoms with van der Waals surface area (Å²) < 4.78 is 13.6. The Morgan fingerprint density at radius 2 is 2.00 bits per heavy atom. The van der Waals surface area contributed by atoms with Crippen LogP contribution in [0, 0.1) is 11.7 Å². The molecule has 20 heavy (non-hydrogen) atoms. The van der Waals surface area contributed by atoms with E-state index in [0.717, 1.165) is 6.42 Å². The summed E-state index contributed by atoms with van der Waals surface area (Å²) in [5.41, 5.74) is 0.546. The zero-order valence-corrected chi connectivity index (χ0v) is 12.4. The van der Waals surface area contributed by atoms with Crippen molar-refractivity contribution in [2.45, 2.75) is 45.6 Å². The lowest BCUT2D eigenvalue weighted by Crippen LogP contribution is -2.35. The highest BCUT2D eigenvalue weighted by molar-refractivity contribution is 5.76. The van der Waals surface area contributed by atoms with Crippen LogP contribution in [-0.2, 0) is 4.79 Å². The van der Waals surface area contributed by atoms with Gasteiger partial charge in [0.2, 0.25) is 5.91 Å². The molecule has 1 rings (SSSR count). The highest BCUT2D eigenvalue weighted by Crippen LogP contribution is 2.21. The third-order valence-electron chi connectivity index (χ3n) is 3.74. The number of rotatable bonds is 7. The Labute approximate surface area is 120 Å². The van der Waals surface area contributed by atoms with Gasteiger partial charge >= 0.3 is 0 Å². The van der Waals surface area contributed by atoms with E-state index < -0.39 is 6.10 Å². The van der Waals surface area contributed by atoms with Gasteiger partial charge in [0.15, 0.2) is 0 Å². The molecule has 112 valence electrons. The van der Waals surface area contributed by atoms with E-state index in [1.165, 1.54) is 6.07 Å². The van der Waals surface area contributed by atoms with E-state index in [9.17, 15) is 14.3 Å². The number of carbonyl (C=O) groups is 1. The summed E-state index contributed by atoms with van der Waals surface area (Å²) in [5, 5.41) is 12.5. The lowest BCUT2D eigenvalue weighted by atomic mass is 9.96. The molecule has 0 aliphatic heterocycles. The van der Waals surface area contributed by atoms with Gasteiger partial charge < -0.3 is 10.4 Å². The van der Waals surface area contributed by atoms with Crippen molar-refractivity contribution in [3.05, 3.63) is 35.6 Å². The summed E-state index contributed by atoms with van der Waals surface area (Å²) in [4.78, 5) is 11.8. The molecule has 0 spiro atoms. The molecular weight excluding hydrogens is 257 g/mol. The summed E-state index contributed by atoms with van der Waals surface area (Å²) in [7, 11) is 0. The number of benzene rings is 1. The summed E-state index contributed by atoms with van der Waals surface area (Å²) in [5.74, 6) is -0.480. The Bertz CT molecular complexity index is 436. The Hall–Kier alpha value is -1.42. The monoisotopic (exact) mass is 281 g/mol. The van der Waals surface area contributed by atoms with Gasteiger partial charge in [0.1, 0.15) is 5.82 Å². The molecule has 0 saturated carbocycles. The average molecular weight is 281 g/mol. The van der Waals surface area contributed by atoms with Crippen molar-refractivity contribution in [3.8, 4) is 0 Å². The summed E-state index contributed by atoms with van der Waals surface area (Å²) in [6.45, 7) is 6.01. The second kappa shape index (κ2) is 8.00. The van der Waals surface area contributed by atoms with Crippen molar-refractivity contribution >= 4 is 5.91 Å². The Morgan fingerprint density at radius 3 is 2.60 bits per heavy atom. The minimum atomic E-state index is -0.535. The molecule has 3 nitrogen and oxygen atoms in total. The first-order valence-electron chi connectivity index (χ1n) is 7.14. The molecule has 0 heterocycles. The van der Waals surface area contributed by atoms with Crippen molar-refractivity contribution in [2.24, 2.45) is 5.92 Å². The fraction of sp³-hybridized carbons (Fsp3) is 0.562. The molecule has 1 aromatic rings. The van der Waals surface area contributed by atoms with Crippen LogP contribution < -0.4 is 5.32 Å². The fourth-order valence-corrected chi connectivity index (χ4v) is 2.03. The Balaban J connectivity index is 2.45. The molecule has 0 bridgehead atoms. The SMILES string of the molecule is CCC(C)C(O)CNC(=O)CC(C)c1ccccc1F. The lowest BCUT2D eigenvalue weighted by molar-refractivity contribution is -0.122. The number of hydrogen-bond acceptors (Lipinski definition) is 2. The standard InChI is InChI=1S/C16H24FNO2/c1-4-11(2)15(19)10-18-16(20)9-12(3)13-7-5-6-8-14(13)17/h5-8,11-12,15,19H,4,9-10H2,1-3H3,(H,18,20). The molecule has 4 heteroatoms. The molecule has 0 aliphatic rings. The second-order valence-corrected chi connectivity index (χ2v) is 5.38. The zero-order valence-electron chi connectivity index (χ0n) is 12.4. The Morgan fingerprint density at radius 1 is 1.35 bits per heavy atom. The molecular formula is C16H24FNO2. The van der Waals surface area contributed by atoms with E-state index in [1.54, 1.807) is 18.2 Å². The van der Waals surface area contributed by atoms with Crippen LogP contribution in [0.5, 0.6) is 0 Å². The molecule has 0 radical (unpaired) electrons. The fourth-order valence-electron chi connectivity index (χ4n) is 2.03. The third-order valence-corrected chi connectivity index (χ3v) is 3.74. The van der Waals surface area contributed by atoms with E-state index in [0.29, 0.717) is 5.56 Å². The first kappa shape index (κ1) is 16.6. The molecule has 3 atom stereocenters. The predicted octanol–water partition coefficient (Wildman–Crippen LogP) is 2.84. The quantitative estimate of drug-likeness (QED) is 0.807. The van der Waals surface area contributed by atoms with Crippen LogP contribution in [0.4, 0.5) is 4.39 Å². The van der Waals surface area contributed by atoms with Crippen molar-refractivity contribution in [1.82, 2.24) is 5.32 Å². The van der Waals surface area contributed by atoms with E-state index in [2.05, 4.69) is 5.32 Å². The van der Waals surface area contributed by atoms with Crippen LogP contribution in [0.1, 0.15) is 45.1 Å². The first-order chi connectivity index (χ1) is 9.45. The topological polar surface area (TPSA) is 49.3 Å². The largest absolute Gasteiger partial charge is 0.391 e. The molecule has 0 fully saturated rings. The van der Waals surface area contributed by atoms with Crippen LogP contribution >= 0.6 is 0 Å². The van der Waals surface area contributed by atoms with E-state index in [1.807, 2.05) is 20.8 Å². The van der Waals surface area contributed by atoms with Gasteiger partial charge in [-0.1, -0.05) is 45.4 Å². The lowest BCUT2D eigenvalue weighted by Gasteiger charge is -2.18. The highest BCUT2D eigenvalue weighted by atomic mass is 19.1. The van der Waals surface area contributed by atoms with Crippen LogP contribution in [0.15, 0.2) is 24.3 Å². The number of halogens is 1. The van der Waals surface area contributed by atoms with Crippen molar-refractivity contribution in [3.63, 3.8) is 0 Å². The number of amides is 1. The van der Waals surface area contributed by atoms with Crippen molar-refractivity contribution < 1.29 is 14.3 Å². The molecule has 3 unspecified atom stereocenters. The summed E-state index contributed by atoms with van der Waals surface area (Å²) >= 11 is 0. The minimum Gasteiger partial charge on any atom is -0.391 e. The van der Waals surface area contributed by atoms with Gasteiger partial charge in [0, 0.05) is 13.0 Å². The maximum atomic E-state index is 13.6. The maximum absolute atomic E-state index is 13.6. The highest BCUT2D eigenvalue weighted by Gasteiger charge is 2.17. The molecule has 2 N–H and O–H groups in total. The summed E-state index contributed by atoms with van der Waals surface area (Å²) in [6, 6.07) is 6.49. The Kier molecular flexibility index (Phi) is 6.65. The average Bonchev–Trinajstić information content (AvgIpc) is 2.44. The molecule has 0 aliphatic carbocycles. The molecule has 0 saturated heterocycles. The maximum Gasteiger partial charge on any atom is 0.220 e. The zero-order chi connectivity index (χ0) is 15.1. The minimum absolute atomic E-state index is 0.152. The normalized spacial score (nSPS) is 15.4. The van der Waals surface area contributed by atoms with Gasteiger partial charge in [-0.15, -0.1) is 0 Å². The van der Waals surface area contributed by atoms with Crippen molar-refractivity contribution in [1.29, 1.82) is 0 Å². The first-order valence-corrected chi connectivity index (χ1v) is 7.14. The van der Waals surface area contributed by atoms with Gasteiger partial charge in [0.25, 0.3) is 0 Å². The number of aliphatic hydroxyl groups excluding tert-OH is 1. The predicted molar refractivity (Wildman–Crippen MR) is 77.9 cm³/mol. The van der Waals surface area contributed by atoms with Gasteiger partial charge in [-0.25, -0.2) is 4.39 Å². The van der Waals surface area contributed by atoms with E-state index in [4.69, 9.17) is 0 Å². The number of aliphatic hydroxyl groups is 1. The number of nitrogens with one attached hydrogen (secondary N) is 1. The molecule has 1 amide bonds. The number of hydrogen-bond donors (Lipinski definition) is 2. The smallest absolute Gasteiger partial charge is 0.220 e. The van der Waals surface area contributed by atoms with Crippen LogP contribution in [0.2, 0.25) is 0 Å². The van der Waals surface area contributed by atoms with Crippen LogP contribution in [-0.4, -0.2) is 23.7 Å². The van der Waals surface area contributed by atoms with E-state index >= 15 is 0 Å².